The maximum atomic E-state index is 11.9. The molecule has 0 radical (unpaired) electrons. The Bertz CT molecular complexity index is 553. The van der Waals surface area contributed by atoms with Gasteiger partial charge in [0, 0.05) is 24.0 Å². The molecule has 4 fully saturated rings. The van der Waals surface area contributed by atoms with Gasteiger partial charge in [0.1, 0.15) is 0 Å². The van der Waals surface area contributed by atoms with E-state index in [9.17, 15) is 4.79 Å². The quantitative estimate of drug-likeness (QED) is 0.745. The van der Waals surface area contributed by atoms with Gasteiger partial charge in [-0.05, 0) is 94.3 Å². The monoisotopic (exact) mass is 346 g/mol. The zero-order valence-corrected chi connectivity index (χ0v) is 17.0. The van der Waals surface area contributed by atoms with E-state index in [4.69, 9.17) is 0 Å². The molecule has 25 heavy (non-hydrogen) atoms. The van der Waals surface area contributed by atoms with Crippen LogP contribution in [0, 0.1) is 28.6 Å². The number of amides is 1. The molecule has 3 nitrogen and oxygen atoms in total. The molecule has 1 saturated heterocycles. The molecule has 3 aliphatic carbocycles. The number of rotatable bonds is 1. The van der Waals surface area contributed by atoms with E-state index in [2.05, 4.69) is 45.3 Å². The molecule has 2 unspecified atom stereocenters. The minimum Gasteiger partial charge on any atom is -0.353 e. The lowest BCUT2D eigenvalue weighted by Gasteiger charge is -2.60. The van der Waals surface area contributed by atoms with Crippen LogP contribution in [0.15, 0.2) is 0 Å². The van der Waals surface area contributed by atoms with Crippen molar-refractivity contribution in [2.24, 2.45) is 28.6 Å². The van der Waals surface area contributed by atoms with Gasteiger partial charge in [-0.3, -0.25) is 4.79 Å². The summed E-state index contributed by atoms with van der Waals surface area (Å²) < 4.78 is 0. The smallest absolute Gasteiger partial charge is 0.220 e. The van der Waals surface area contributed by atoms with Crippen molar-refractivity contribution in [1.29, 1.82) is 0 Å². The molecule has 4 aliphatic rings. The van der Waals surface area contributed by atoms with Crippen LogP contribution in [0.4, 0.5) is 0 Å². The van der Waals surface area contributed by atoms with Gasteiger partial charge in [-0.2, -0.15) is 0 Å². The van der Waals surface area contributed by atoms with Gasteiger partial charge < -0.3 is 10.6 Å². The first-order valence-electron chi connectivity index (χ1n) is 10.7. The molecule has 0 aromatic carbocycles. The highest BCUT2D eigenvalue weighted by atomic mass is 16.1. The van der Waals surface area contributed by atoms with Crippen LogP contribution >= 0.6 is 0 Å². The minimum absolute atomic E-state index is 0.205. The van der Waals surface area contributed by atoms with Crippen LogP contribution < -0.4 is 10.6 Å². The molecule has 0 spiro atoms. The van der Waals surface area contributed by atoms with Gasteiger partial charge in [0.25, 0.3) is 0 Å². The summed E-state index contributed by atoms with van der Waals surface area (Å²) in [7, 11) is 0. The number of nitrogens with one attached hydrogen (secondary N) is 2. The largest absolute Gasteiger partial charge is 0.353 e. The first-order valence-corrected chi connectivity index (χ1v) is 10.7. The molecule has 0 aromatic heterocycles. The number of carbonyl (C=O) groups is 1. The van der Waals surface area contributed by atoms with Gasteiger partial charge in [-0.1, -0.05) is 13.8 Å². The highest BCUT2D eigenvalue weighted by molar-refractivity contribution is 5.77. The fourth-order valence-electron chi connectivity index (χ4n) is 7.46. The Morgan fingerprint density at radius 2 is 1.68 bits per heavy atom. The van der Waals surface area contributed by atoms with Crippen molar-refractivity contribution in [3.63, 3.8) is 0 Å². The number of hydrogen-bond acceptors (Lipinski definition) is 2. The first-order chi connectivity index (χ1) is 11.6. The van der Waals surface area contributed by atoms with Crippen molar-refractivity contribution in [1.82, 2.24) is 10.6 Å². The molecule has 142 valence electrons. The van der Waals surface area contributed by atoms with Crippen LogP contribution in [0.5, 0.6) is 0 Å². The van der Waals surface area contributed by atoms with Crippen molar-refractivity contribution in [2.45, 2.75) is 104 Å². The zero-order valence-electron chi connectivity index (χ0n) is 17.0. The van der Waals surface area contributed by atoms with Crippen molar-refractivity contribution in [3.8, 4) is 0 Å². The summed E-state index contributed by atoms with van der Waals surface area (Å²) in [5, 5.41) is 7.32. The third kappa shape index (κ3) is 2.76. The average molecular weight is 347 g/mol. The fraction of sp³-hybridized carbons (Fsp3) is 0.955. The lowest BCUT2D eigenvalue weighted by Crippen LogP contribution is -2.62. The minimum atomic E-state index is 0.205. The normalized spacial score (nSPS) is 49.8. The van der Waals surface area contributed by atoms with E-state index < -0.39 is 0 Å². The van der Waals surface area contributed by atoms with E-state index >= 15 is 0 Å². The van der Waals surface area contributed by atoms with Crippen LogP contribution in [0.25, 0.3) is 0 Å². The highest BCUT2D eigenvalue weighted by Crippen LogP contribution is 2.64. The van der Waals surface area contributed by atoms with E-state index in [-0.39, 0.29) is 11.4 Å². The van der Waals surface area contributed by atoms with Crippen LogP contribution in [0.1, 0.15) is 86.0 Å². The topological polar surface area (TPSA) is 41.1 Å². The predicted molar refractivity (Wildman–Crippen MR) is 102 cm³/mol. The van der Waals surface area contributed by atoms with Crippen molar-refractivity contribution >= 4 is 5.91 Å². The standard InChI is InChI=1S/C22H38N2O/c1-20(2,3)24-18-9-7-15-14-6-8-17-21(4,13-11-19(25)23-17)16(14)10-12-22(15,18)5/h14-18,24H,6-13H2,1-5H3,(H,23,25)/t14-,15-,16+,17?,18?,21+,22-/m0/s1. The Hall–Kier alpha value is -0.570. The Labute approximate surface area is 154 Å². The van der Waals surface area contributed by atoms with Gasteiger partial charge in [0.15, 0.2) is 0 Å². The summed E-state index contributed by atoms with van der Waals surface area (Å²) in [5.41, 5.74) is 1.01. The molecule has 2 N–H and O–H groups in total. The Morgan fingerprint density at radius 3 is 2.40 bits per heavy atom. The third-order valence-corrected chi connectivity index (χ3v) is 8.70. The molecule has 0 aromatic rings. The number of piperidine rings is 1. The Kier molecular flexibility index (Phi) is 4.07. The first kappa shape index (κ1) is 17.8. The maximum absolute atomic E-state index is 11.9. The molecule has 3 saturated carbocycles. The Morgan fingerprint density at radius 1 is 0.960 bits per heavy atom. The molecule has 1 amide bonds. The van der Waals surface area contributed by atoms with E-state index in [1.54, 1.807) is 0 Å². The maximum Gasteiger partial charge on any atom is 0.220 e. The van der Waals surface area contributed by atoms with Gasteiger partial charge in [0.05, 0.1) is 0 Å². The van der Waals surface area contributed by atoms with Crippen molar-refractivity contribution in [3.05, 3.63) is 0 Å². The number of fused-ring (bicyclic) bond motifs is 5. The van der Waals surface area contributed by atoms with Gasteiger partial charge in [0.2, 0.25) is 5.91 Å². The molecule has 0 bridgehead atoms. The van der Waals surface area contributed by atoms with E-state index in [1.807, 2.05) is 0 Å². The summed E-state index contributed by atoms with van der Waals surface area (Å²) >= 11 is 0. The second kappa shape index (κ2) is 5.71. The summed E-state index contributed by atoms with van der Waals surface area (Å²) in [4.78, 5) is 11.9. The highest BCUT2D eigenvalue weighted by Gasteiger charge is 2.60. The van der Waals surface area contributed by atoms with Gasteiger partial charge in [-0.15, -0.1) is 0 Å². The number of hydrogen-bond donors (Lipinski definition) is 2. The molecule has 1 aliphatic heterocycles. The molecular weight excluding hydrogens is 308 g/mol. The lowest BCUT2D eigenvalue weighted by atomic mass is 9.47. The van der Waals surface area contributed by atoms with E-state index in [0.717, 1.165) is 30.6 Å². The fourth-order valence-corrected chi connectivity index (χ4v) is 7.46. The summed E-state index contributed by atoms with van der Waals surface area (Å²) in [5.74, 6) is 2.86. The molecule has 7 atom stereocenters. The molecule has 4 rings (SSSR count). The van der Waals surface area contributed by atoms with E-state index in [0.29, 0.717) is 22.9 Å². The predicted octanol–water partition coefficient (Wildman–Crippen LogP) is 4.26. The van der Waals surface area contributed by atoms with Crippen molar-refractivity contribution < 1.29 is 4.79 Å². The third-order valence-electron chi connectivity index (χ3n) is 8.70. The molecular formula is C22H38N2O. The van der Waals surface area contributed by atoms with Crippen LogP contribution in [0.2, 0.25) is 0 Å². The lowest BCUT2D eigenvalue weighted by molar-refractivity contribution is -0.136. The average Bonchev–Trinajstić information content (AvgIpc) is 2.83. The SMILES string of the molecule is CC(C)(C)NC1CC[C@H]2[C@@H]3CCC4NC(=O)CC[C@]4(C)[C@@H]3CC[C@]12C. The van der Waals surface area contributed by atoms with Crippen molar-refractivity contribution in [2.75, 3.05) is 0 Å². The Balaban J connectivity index is 1.57. The second-order valence-electron chi connectivity index (χ2n) is 11.1. The zero-order chi connectivity index (χ0) is 18.0. The van der Waals surface area contributed by atoms with Gasteiger partial charge >= 0.3 is 0 Å². The molecule has 1 heterocycles. The van der Waals surface area contributed by atoms with Crippen LogP contribution in [-0.4, -0.2) is 23.5 Å². The van der Waals surface area contributed by atoms with Crippen LogP contribution in [0.3, 0.4) is 0 Å². The summed E-state index contributed by atoms with van der Waals surface area (Å²) in [6, 6.07) is 1.11. The molecule has 3 heteroatoms. The second-order valence-corrected chi connectivity index (χ2v) is 11.1. The summed E-state index contributed by atoms with van der Waals surface area (Å²) in [6.45, 7) is 12.0. The summed E-state index contributed by atoms with van der Waals surface area (Å²) in [6.07, 6.45) is 9.86. The van der Waals surface area contributed by atoms with Crippen LogP contribution in [-0.2, 0) is 4.79 Å². The van der Waals surface area contributed by atoms with Gasteiger partial charge in [-0.25, -0.2) is 0 Å². The number of carbonyl (C=O) groups excluding carboxylic acids is 1. The van der Waals surface area contributed by atoms with E-state index in [1.165, 1.54) is 38.5 Å².